The minimum Gasteiger partial charge on any atom is -0.359 e. The van der Waals surface area contributed by atoms with E-state index in [2.05, 4.69) is 37.8 Å². The summed E-state index contributed by atoms with van der Waals surface area (Å²) in [6.45, 7) is 2.95. The second kappa shape index (κ2) is 5.96. The summed E-state index contributed by atoms with van der Waals surface area (Å²) >= 11 is 3.47. The van der Waals surface area contributed by atoms with Crippen molar-refractivity contribution in [3.8, 4) is 0 Å². The lowest BCUT2D eigenvalue weighted by atomic mass is 10.2. The lowest BCUT2D eigenvalue weighted by Gasteiger charge is -2.18. The number of aromatic nitrogens is 2. The van der Waals surface area contributed by atoms with Crippen molar-refractivity contribution >= 4 is 21.7 Å². The van der Waals surface area contributed by atoms with E-state index in [1.165, 1.54) is 5.56 Å². The van der Waals surface area contributed by atoms with Crippen LogP contribution < -0.4 is 4.90 Å². The Morgan fingerprint density at radius 2 is 1.89 bits per heavy atom. The van der Waals surface area contributed by atoms with Gasteiger partial charge in [-0.25, -0.2) is 4.98 Å². The number of hydrogen-bond acceptors (Lipinski definition) is 3. The Bertz CT molecular complexity index is 514. The number of aryl methyl sites for hydroxylation is 1. The Morgan fingerprint density at radius 3 is 2.56 bits per heavy atom. The molecular weight excluding hydrogens is 290 g/mol. The summed E-state index contributed by atoms with van der Waals surface area (Å²) in [5.74, 6) is 1.00. The minimum absolute atomic E-state index is 0.943. The van der Waals surface area contributed by atoms with Crippen LogP contribution in [-0.2, 0) is 6.42 Å². The number of likely N-dealkylation sites (N-methyl/N-ethyl adjacent to an activating group) is 1. The largest absolute Gasteiger partial charge is 0.359 e. The van der Waals surface area contributed by atoms with Gasteiger partial charge in [-0.15, -0.1) is 0 Å². The highest BCUT2D eigenvalue weighted by molar-refractivity contribution is 9.10. The molecule has 0 N–H and O–H groups in total. The van der Waals surface area contributed by atoms with Gasteiger partial charge in [0.05, 0.1) is 5.69 Å². The average Bonchev–Trinajstić information content (AvgIpc) is 2.40. The molecular formula is C14H16BrN3. The van der Waals surface area contributed by atoms with E-state index in [1.54, 1.807) is 0 Å². The molecule has 0 bridgehead atoms. The lowest BCUT2D eigenvalue weighted by Crippen LogP contribution is -2.21. The molecule has 0 aliphatic heterocycles. The van der Waals surface area contributed by atoms with Crippen molar-refractivity contribution in [3.63, 3.8) is 0 Å². The molecule has 0 saturated heterocycles. The van der Waals surface area contributed by atoms with Crippen LogP contribution in [0.25, 0.3) is 0 Å². The van der Waals surface area contributed by atoms with E-state index in [4.69, 9.17) is 0 Å². The van der Waals surface area contributed by atoms with E-state index >= 15 is 0 Å². The monoisotopic (exact) mass is 305 g/mol. The molecule has 0 spiro atoms. The number of anilines is 1. The van der Waals surface area contributed by atoms with Gasteiger partial charge in [-0.3, -0.25) is 4.98 Å². The summed E-state index contributed by atoms with van der Waals surface area (Å²) in [5.41, 5.74) is 2.31. The van der Waals surface area contributed by atoms with Gasteiger partial charge in [0.2, 0.25) is 0 Å². The Kier molecular flexibility index (Phi) is 4.31. The third kappa shape index (κ3) is 3.29. The number of pyridine rings is 2. The molecule has 94 valence electrons. The molecule has 0 atom stereocenters. The molecule has 2 aromatic heterocycles. The van der Waals surface area contributed by atoms with E-state index in [0.29, 0.717) is 0 Å². The predicted molar refractivity (Wildman–Crippen MR) is 77.9 cm³/mol. The van der Waals surface area contributed by atoms with Crippen LogP contribution >= 0.6 is 15.9 Å². The number of halogens is 1. The van der Waals surface area contributed by atoms with Gasteiger partial charge in [0, 0.05) is 30.5 Å². The molecule has 2 heterocycles. The van der Waals surface area contributed by atoms with Crippen LogP contribution in [0.2, 0.25) is 0 Å². The third-order valence-corrected chi connectivity index (χ3v) is 3.72. The molecule has 0 amide bonds. The molecule has 0 saturated carbocycles. The highest BCUT2D eigenvalue weighted by Gasteiger charge is 2.04. The number of hydrogen-bond donors (Lipinski definition) is 0. The molecule has 0 unspecified atom stereocenters. The van der Waals surface area contributed by atoms with E-state index in [0.717, 1.165) is 29.0 Å². The second-order valence-electron chi connectivity index (χ2n) is 4.26. The summed E-state index contributed by atoms with van der Waals surface area (Å²) in [4.78, 5) is 10.7. The summed E-state index contributed by atoms with van der Waals surface area (Å²) in [6, 6.07) is 8.17. The first-order chi connectivity index (χ1) is 8.66. The maximum atomic E-state index is 4.55. The molecule has 0 aliphatic rings. The summed E-state index contributed by atoms with van der Waals surface area (Å²) in [7, 11) is 2.07. The standard InChI is InChI=1S/C14H16BrN3/c1-11-13(15)3-4-14(17-11)18(2)10-7-12-5-8-16-9-6-12/h3-6,8-9H,7,10H2,1-2H3. The summed E-state index contributed by atoms with van der Waals surface area (Å²) in [5, 5.41) is 0. The zero-order valence-electron chi connectivity index (χ0n) is 10.6. The van der Waals surface area contributed by atoms with Gasteiger partial charge in [-0.1, -0.05) is 0 Å². The van der Waals surface area contributed by atoms with Crippen molar-refractivity contribution in [2.75, 3.05) is 18.5 Å². The lowest BCUT2D eigenvalue weighted by molar-refractivity contribution is 0.854. The topological polar surface area (TPSA) is 29.0 Å². The van der Waals surface area contributed by atoms with E-state index in [1.807, 2.05) is 43.6 Å². The normalized spacial score (nSPS) is 10.4. The van der Waals surface area contributed by atoms with Gasteiger partial charge < -0.3 is 4.90 Å². The van der Waals surface area contributed by atoms with Gasteiger partial charge >= 0.3 is 0 Å². The van der Waals surface area contributed by atoms with Crippen LogP contribution in [0.15, 0.2) is 41.1 Å². The van der Waals surface area contributed by atoms with Crippen molar-refractivity contribution in [2.24, 2.45) is 0 Å². The molecule has 0 aliphatic carbocycles. The van der Waals surface area contributed by atoms with Crippen LogP contribution in [0.1, 0.15) is 11.3 Å². The fraction of sp³-hybridized carbons (Fsp3) is 0.286. The van der Waals surface area contributed by atoms with Gasteiger partial charge in [-0.2, -0.15) is 0 Å². The van der Waals surface area contributed by atoms with Crippen molar-refractivity contribution in [1.29, 1.82) is 0 Å². The average molecular weight is 306 g/mol. The SMILES string of the molecule is Cc1nc(N(C)CCc2ccncc2)ccc1Br. The number of rotatable bonds is 4. The maximum Gasteiger partial charge on any atom is 0.128 e. The van der Waals surface area contributed by atoms with Crippen LogP contribution in [0.3, 0.4) is 0 Å². The Balaban J connectivity index is 1.99. The van der Waals surface area contributed by atoms with Gasteiger partial charge in [0.15, 0.2) is 0 Å². The fourth-order valence-corrected chi connectivity index (χ4v) is 1.93. The first kappa shape index (κ1) is 13.0. The maximum absolute atomic E-state index is 4.55. The van der Waals surface area contributed by atoms with Crippen molar-refractivity contribution in [3.05, 3.63) is 52.4 Å². The molecule has 2 aromatic rings. The quantitative estimate of drug-likeness (QED) is 0.868. The molecule has 4 heteroatoms. The third-order valence-electron chi connectivity index (χ3n) is 2.88. The Labute approximate surface area is 116 Å². The second-order valence-corrected chi connectivity index (χ2v) is 5.12. The van der Waals surface area contributed by atoms with E-state index in [9.17, 15) is 0 Å². The molecule has 3 nitrogen and oxygen atoms in total. The molecule has 0 fully saturated rings. The van der Waals surface area contributed by atoms with Crippen LogP contribution in [0, 0.1) is 6.92 Å². The fourth-order valence-electron chi connectivity index (χ4n) is 1.70. The molecule has 0 aromatic carbocycles. The van der Waals surface area contributed by atoms with E-state index in [-0.39, 0.29) is 0 Å². The molecule has 18 heavy (non-hydrogen) atoms. The van der Waals surface area contributed by atoms with Crippen LogP contribution in [0.5, 0.6) is 0 Å². The van der Waals surface area contributed by atoms with Crippen LogP contribution in [-0.4, -0.2) is 23.6 Å². The zero-order chi connectivity index (χ0) is 13.0. The summed E-state index contributed by atoms with van der Waals surface area (Å²) in [6.07, 6.45) is 4.66. The Morgan fingerprint density at radius 1 is 1.17 bits per heavy atom. The van der Waals surface area contributed by atoms with Crippen molar-refractivity contribution in [1.82, 2.24) is 9.97 Å². The predicted octanol–water partition coefficient (Wildman–Crippen LogP) is 3.23. The Hall–Kier alpha value is -1.42. The van der Waals surface area contributed by atoms with Crippen molar-refractivity contribution in [2.45, 2.75) is 13.3 Å². The van der Waals surface area contributed by atoms with Gasteiger partial charge in [-0.05, 0) is 59.1 Å². The van der Waals surface area contributed by atoms with Gasteiger partial charge in [0.1, 0.15) is 5.82 Å². The summed E-state index contributed by atoms with van der Waals surface area (Å²) < 4.78 is 1.05. The molecule has 0 radical (unpaired) electrons. The van der Waals surface area contributed by atoms with Crippen molar-refractivity contribution < 1.29 is 0 Å². The van der Waals surface area contributed by atoms with Crippen LogP contribution in [0.4, 0.5) is 5.82 Å². The smallest absolute Gasteiger partial charge is 0.128 e. The van der Waals surface area contributed by atoms with Gasteiger partial charge in [0.25, 0.3) is 0 Å². The number of nitrogens with zero attached hydrogens (tertiary/aromatic N) is 3. The minimum atomic E-state index is 0.943. The highest BCUT2D eigenvalue weighted by Crippen LogP contribution is 2.18. The van der Waals surface area contributed by atoms with E-state index < -0.39 is 0 Å². The first-order valence-electron chi connectivity index (χ1n) is 5.90. The first-order valence-corrected chi connectivity index (χ1v) is 6.69. The molecule has 2 rings (SSSR count). The highest BCUT2D eigenvalue weighted by atomic mass is 79.9. The zero-order valence-corrected chi connectivity index (χ0v) is 12.2.